The Hall–Kier alpha value is -1.96. The molecular formula is C18H22O2. The van der Waals surface area contributed by atoms with Gasteiger partial charge in [0, 0.05) is 6.42 Å². The zero-order chi connectivity index (χ0) is 14.4. The van der Waals surface area contributed by atoms with E-state index in [9.17, 15) is 0 Å². The highest BCUT2D eigenvalue weighted by atomic mass is 16.5. The Morgan fingerprint density at radius 3 is 2.70 bits per heavy atom. The predicted molar refractivity (Wildman–Crippen MR) is 83.2 cm³/mol. The minimum atomic E-state index is 0.780. The molecule has 0 saturated carbocycles. The maximum absolute atomic E-state index is 6.04. The summed E-state index contributed by atoms with van der Waals surface area (Å²) in [7, 11) is 1.67. The lowest BCUT2D eigenvalue weighted by Gasteiger charge is -2.13. The van der Waals surface area contributed by atoms with Gasteiger partial charge in [-0.05, 0) is 50.5 Å². The molecule has 0 amide bonds. The van der Waals surface area contributed by atoms with Crippen LogP contribution < -0.4 is 9.47 Å². The van der Waals surface area contributed by atoms with Gasteiger partial charge in [0.15, 0.2) is 11.5 Å². The number of methoxy groups -OCH3 is 1. The molecule has 0 atom stereocenters. The van der Waals surface area contributed by atoms with Crippen molar-refractivity contribution in [3.8, 4) is 11.5 Å². The van der Waals surface area contributed by atoms with Crippen LogP contribution in [-0.2, 0) is 0 Å². The molecule has 20 heavy (non-hydrogen) atoms. The summed E-state index contributed by atoms with van der Waals surface area (Å²) in [5.41, 5.74) is 2.40. The molecule has 2 rings (SSSR count). The van der Waals surface area contributed by atoms with Gasteiger partial charge in [0.05, 0.1) is 7.11 Å². The molecule has 1 aliphatic carbocycles. The van der Waals surface area contributed by atoms with Crippen molar-refractivity contribution in [3.05, 3.63) is 59.4 Å². The molecule has 1 aliphatic rings. The van der Waals surface area contributed by atoms with Crippen molar-refractivity contribution in [1.29, 1.82) is 0 Å². The number of aryl methyl sites for hydroxylation is 1. The molecule has 0 bridgehead atoms. The zero-order valence-electron chi connectivity index (χ0n) is 12.5. The zero-order valence-corrected chi connectivity index (χ0v) is 12.5. The van der Waals surface area contributed by atoms with E-state index in [0.717, 1.165) is 42.1 Å². The van der Waals surface area contributed by atoms with Gasteiger partial charge in [-0.2, -0.15) is 0 Å². The van der Waals surface area contributed by atoms with Crippen molar-refractivity contribution in [1.82, 2.24) is 0 Å². The van der Waals surface area contributed by atoms with E-state index in [1.807, 2.05) is 25.1 Å². The van der Waals surface area contributed by atoms with Gasteiger partial charge in [-0.15, -0.1) is 0 Å². The van der Waals surface area contributed by atoms with Gasteiger partial charge in [-0.3, -0.25) is 0 Å². The summed E-state index contributed by atoms with van der Waals surface area (Å²) in [5, 5.41) is 0. The molecule has 2 nitrogen and oxygen atoms in total. The molecule has 0 aromatic heterocycles. The Balaban J connectivity index is 2.21. The average molecular weight is 270 g/mol. The predicted octanol–water partition coefficient (Wildman–Crippen LogP) is 4.95. The van der Waals surface area contributed by atoms with Gasteiger partial charge in [0.1, 0.15) is 5.76 Å². The standard InChI is InChI=1S/C18H22O2/c1-14-7-5-4-6-8-16(11-9-14)20-17-12-10-15(2)13-18(17)19-3/h5,7,9-13H,4,6,8H2,1-3H3/b7-5-,14-9-,16-11+. The molecule has 1 aromatic rings. The van der Waals surface area contributed by atoms with Gasteiger partial charge in [0.2, 0.25) is 0 Å². The lowest BCUT2D eigenvalue weighted by Crippen LogP contribution is -1.98. The third kappa shape index (κ3) is 4.02. The van der Waals surface area contributed by atoms with E-state index in [4.69, 9.17) is 9.47 Å². The molecule has 0 saturated heterocycles. The highest BCUT2D eigenvalue weighted by molar-refractivity contribution is 5.43. The van der Waals surface area contributed by atoms with E-state index in [1.54, 1.807) is 7.11 Å². The van der Waals surface area contributed by atoms with E-state index >= 15 is 0 Å². The second-order valence-corrected chi connectivity index (χ2v) is 5.09. The normalized spacial score (nSPS) is 22.4. The fourth-order valence-corrected chi connectivity index (χ4v) is 2.11. The Morgan fingerprint density at radius 1 is 1.05 bits per heavy atom. The highest BCUT2D eigenvalue weighted by Gasteiger charge is 2.07. The van der Waals surface area contributed by atoms with Gasteiger partial charge in [0.25, 0.3) is 0 Å². The fraction of sp³-hybridized carbons (Fsp3) is 0.333. The minimum Gasteiger partial charge on any atom is -0.493 e. The van der Waals surface area contributed by atoms with Crippen LogP contribution in [0.4, 0.5) is 0 Å². The third-order valence-electron chi connectivity index (χ3n) is 3.27. The number of ether oxygens (including phenoxy) is 2. The summed E-state index contributed by atoms with van der Waals surface area (Å²) in [4.78, 5) is 0. The van der Waals surface area contributed by atoms with Crippen LogP contribution >= 0.6 is 0 Å². The molecule has 0 unspecified atom stereocenters. The van der Waals surface area contributed by atoms with Crippen molar-refractivity contribution in [2.75, 3.05) is 7.11 Å². The van der Waals surface area contributed by atoms with Crippen LogP contribution in [0, 0.1) is 6.92 Å². The summed E-state index contributed by atoms with van der Waals surface area (Å²) in [5.74, 6) is 2.54. The largest absolute Gasteiger partial charge is 0.493 e. The first-order valence-electron chi connectivity index (χ1n) is 7.05. The molecular weight excluding hydrogens is 248 g/mol. The van der Waals surface area contributed by atoms with Gasteiger partial charge in [-0.1, -0.05) is 29.9 Å². The Bertz CT molecular complexity index is 551. The number of hydrogen-bond donors (Lipinski definition) is 0. The maximum atomic E-state index is 6.04. The lowest BCUT2D eigenvalue weighted by atomic mass is 10.2. The summed E-state index contributed by atoms with van der Waals surface area (Å²) >= 11 is 0. The van der Waals surface area contributed by atoms with E-state index in [2.05, 4.69) is 31.2 Å². The monoisotopic (exact) mass is 270 g/mol. The topological polar surface area (TPSA) is 18.5 Å². The van der Waals surface area contributed by atoms with Crippen molar-refractivity contribution < 1.29 is 9.47 Å². The highest BCUT2D eigenvalue weighted by Crippen LogP contribution is 2.30. The van der Waals surface area contributed by atoms with Gasteiger partial charge in [-0.25, -0.2) is 0 Å². The molecule has 106 valence electrons. The first kappa shape index (κ1) is 14.4. The second-order valence-electron chi connectivity index (χ2n) is 5.09. The van der Waals surface area contributed by atoms with Crippen molar-refractivity contribution in [2.24, 2.45) is 0 Å². The van der Waals surface area contributed by atoms with Crippen molar-refractivity contribution in [2.45, 2.75) is 33.1 Å². The number of hydrogen-bond acceptors (Lipinski definition) is 2. The summed E-state index contributed by atoms with van der Waals surface area (Å²) in [6.07, 6.45) is 11.6. The van der Waals surface area contributed by atoms with E-state index in [1.165, 1.54) is 5.57 Å². The Kier molecular flexibility index (Phi) is 5.05. The van der Waals surface area contributed by atoms with E-state index in [-0.39, 0.29) is 0 Å². The summed E-state index contributed by atoms with van der Waals surface area (Å²) in [6.45, 7) is 4.14. The van der Waals surface area contributed by atoms with Gasteiger partial charge < -0.3 is 9.47 Å². The third-order valence-corrected chi connectivity index (χ3v) is 3.27. The lowest BCUT2D eigenvalue weighted by molar-refractivity contribution is 0.350. The van der Waals surface area contributed by atoms with Crippen LogP contribution in [0.25, 0.3) is 0 Å². The van der Waals surface area contributed by atoms with Crippen LogP contribution in [0.1, 0.15) is 31.7 Å². The van der Waals surface area contributed by atoms with Crippen LogP contribution in [0.5, 0.6) is 11.5 Å². The van der Waals surface area contributed by atoms with Crippen molar-refractivity contribution >= 4 is 0 Å². The smallest absolute Gasteiger partial charge is 0.168 e. The Labute approximate surface area is 121 Å². The summed E-state index contributed by atoms with van der Waals surface area (Å²) in [6, 6.07) is 6.00. The molecule has 1 aromatic carbocycles. The quantitative estimate of drug-likeness (QED) is 0.773. The first-order valence-corrected chi connectivity index (χ1v) is 7.05. The number of allylic oxidation sites excluding steroid dienone is 6. The molecule has 0 N–H and O–H groups in total. The molecule has 2 heteroatoms. The fourth-order valence-electron chi connectivity index (χ4n) is 2.11. The average Bonchev–Trinajstić information content (AvgIpc) is 2.54. The first-order chi connectivity index (χ1) is 9.69. The Morgan fingerprint density at radius 2 is 1.90 bits per heavy atom. The number of benzene rings is 1. The van der Waals surface area contributed by atoms with Crippen LogP contribution in [0.3, 0.4) is 0 Å². The van der Waals surface area contributed by atoms with E-state index < -0.39 is 0 Å². The van der Waals surface area contributed by atoms with Gasteiger partial charge >= 0.3 is 0 Å². The molecule has 0 aliphatic heterocycles. The molecule has 0 radical (unpaired) electrons. The molecule has 0 spiro atoms. The van der Waals surface area contributed by atoms with E-state index in [0.29, 0.717) is 0 Å². The van der Waals surface area contributed by atoms with Crippen LogP contribution in [-0.4, -0.2) is 7.11 Å². The maximum Gasteiger partial charge on any atom is 0.168 e. The number of rotatable bonds is 3. The van der Waals surface area contributed by atoms with Crippen molar-refractivity contribution in [3.63, 3.8) is 0 Å². The molecule has 0 heterocycles. The summed E-state index contributed by atoms with van der Waals surface area (Å²) < 4.78 is 11.4. The SMILES string of the molecule is COc1cc(C)ccc1O/C1=C/C=C(C)\C=C/CCC1. The van der Waals surface area contributed by atoms with Crippen LogP contribution in [0.2, 0.25) is 0 Å². The van der Waals surface area contributed by atoms with Crippen LogP contribution in [0.15, 0.2) is 53.8 Å². The molecule has 0 fully saturated rings. The minimum absolute atomic E-state index is 0.780. The second kappa shape index (κ2) is 6.99.